The van der Waals surface area contributed by atoms with Gasteiger partial charge in [0.25, 0.3) is 0 Å². The Kier molecular flexibility index (Phi) is 3.63. The average Bonchev–Trinajstić information content (AvgIpc) is 2.76. The Balaban J connectivity index is 2.18. The lowest BCUT2D eigenvalue weighted by atomic mass is 10.2. The highest BCUT2D eigenvalue weighted by Crippen LogP contribution is 2.29. The first-order valence-corrected chi connectivity index (χ1v) is 7.77. The second-order valence-electron chi connectivity index (χ2n) is 3.92. The number of benzene rings is 1. The standard InChI is InChI=1S/C11H15N3OS2/c1-7(17(2)15)5-13-8-3-4-9-11(10(8)12)14-6-16-9/h3-4,6-7,13H,5,12H2,1-2H3. The fraction of sp³-hybridized carbons (Fsp3) is 0.364. The number of thiazole rings is 1. The monoisotopic (exact) mass is 269 g/mol. The molecular formula is C11H15N3OS2. The normalized spacial score (nSPS) is 14.7. The summed E-state index contributed by atoms with van der Waals surface area (Å²) in [5.74, 6) is 0. The van der Waals surface area contributed by atoms with Gasteiger partial charge in [-0.1, -0.05) is 0 Å². The van der Waals surface area contributed by atoms with Crippen molar-refractivity contribution >= 4 is 43.7 Å². The molecule has 2 aromatic rings. The van der Waals surface area contributed by atoms with E-state index in [0.717, 1.165) is 15.9 Å². The summed E-state index contributed by atoms with van der Waals surface area (Å²) in [5.41, 5.74) is 10.2. The van der Waals surface area contributed by atoms with E-state index in [1.54, 1.807) is 23.1 Å². The molecule has 1 aromatic carbocycles. The Morgan fingerprint density at radius 3 is 3.06 bits per heavy atom. The minimum atomic E-state index is -0.827. The van der Waals surface area contributed by atoms with E-state index >= 15 is 0 Å². The van der Waals surface area contributed by atoms with Crippen LogP contribution < -0.4 is 11.1 Å². The fourth-order valence-electron chi connectivity index (χ4n) is 1.48. The van der Waals surface area contributed by atoms with Crippen LogP contribution in [-0.4, -0.2) is 27.2 Å². The van der Waals surface area contributed by atoms with Crippen LogP contribution in [0.25, 0.3) is 10.2 Å². The summed E-state index contributed by atoms with van der Waals surface area (Å²) in [4.78, 5) is 4.23. The topological polar surface area (TPSA) is 68.0 Å². The van der Waals surface area contributed by atoms with Crippen molar-refractivity contribution in [2.75, 3.05) is 23.9 Å². The number of nitrogens with one attached hydrogen (secondary N) is 1. The fourth-order valence-corrected chi connectivity index (χ4v) is 2.49. The third-order valence-corrected chi connectivity index (χ3v) is 4.78. The summed E-state index contributed by atoms with van der Waals surface area (Å²) >= 11 is 1.57. The molecule has 1 heterocycles. The molecule has 17 heavy (non-hydrogen) atoms. The van der Waals surface area contributed by atoms with Gasteiger partial charge in [0.1, 0.15) is 5.52 Å². The van der Waals surface area contributed by atoms with E-state index in [1.807, 2.05) is 19.1 Å². The van der Waals surface area contributed by atoms with Gasteiger partial charge in [0.15, 0.2) is 0 Å². The number of aromatic nitrogens is 1. The first kappa shape index (κ1) is 12.3. The molecule has 92 valence electrons. The minimum Gasteiger partial charge on any atom is -0.395 e. The molecule has 0 saturated heterocycles. The van der Waals surface area contributed by atoms with Gasteiger partial charge in [-0.05, 0) is 19.1 Å². The van der Waals surface area contributed by atoms with Gasteiger partial charge < -0.3 is 11.1 Å². The summed E-state index contributed by atoms with van der Waals surface area (Å²) in [7, 11) is -0.827. The van der Waals surface area contributed by atoms with Gasteiger partial charge in [-0.3, -0.25) is 4.21 Å². The summed E-state index contributed by atoms with van der Waals surface area (Å²) in [6.45, 7) is 2.59. The van der Waals surface area contributed by atoms with Gasteiger partial charge in [-0.15, -0.1) is 11.3 Å². The SMILES string of the molecule is CC(CNc1ccc2scnc2c1N)S(C)=O. The van der Waals surface area contributed by atoms with Crippen molar-refractivity contribution in [3.05, 3.63) is 17.6 Å². The molecule has 0 bridgehead atoms. The van der Waals surface area contributed by atoms with Crippen LogP contribution in [0.1, 0.15) is 6.92 Å². The number of nitrogens with zero attached hydrogens (tertiary/aromatic N) is 1. The molecule has 1 aromatic heterocycles. The van der Waals surface area contributed by atoms with E-state index in [9.17, 15) is 4.21 Å². The molecule has 3 N–H and O–H groups in total. The molecule has 0 saturated carbocycles. The van der Waals surface area contributed by atoms with Crippen LogP contribution in [0.15, 0.2) is 17.6 Å². The Hall–Kier alpha value is -1.14. The summed E-state index contributed by atoms with van der Waals surface area (Å²) in [5, 5.41) is 3.32. The first-order valence-electron chi connectivity index (χ1n) is 5.27. The van der Waals surface area contributed by atoms with Crippen molar-refractivity contribution in [1.29, 1.82) is 0 Å². The maximum atomic E-state index is 11.3. The highest BCUT2D eigenvalue weighted by molar-refractivity contribution is 7.84. The minimum absolute atomic E-state index is 0.0977. The lowest BCUT2D eigenvalue weighted by Gasteiger charge is -2.13. The van der Waals surface area contributed by atoms with Crippen molar-refractivity contribution in [3.8, 4) is 0 Å². The molecular weight excluding hydrogens is 254 g/mol. The molecule has 0 aliphatic carbocycles. The predicted molar refractivity (Wildman–Crippen MR) is 76.1 cm³/mol. The van der Waals surface area contributed by atoms with Crippen LogP contribution in [0, 0.1) is 0 Å². The smallest absolute Gasteiger partial charge is 0.106 e. The summed E-state index contributed by atoms with van der Waals surface area (Å²) in [6.07, 6.45) is 1.71. The van der Waals surface area contributed by atoms with E-state index in [4.69, 9.17) is 5.73 Å². The second kappa shape index (κ2) is 5.01. The lowest BCUT2D eigenvalue weighted by Crippen LogP contribution is -2.21. The number of nitrogen functional groups attached to an aromatic ring is 1. The van der Waals surface area contributed by atoms with Gasteiger partial charge in [0.05, 0.1) is 21.6 Å². The average molecular weight is 269 g/mol. The van der Waals surface area contributed by atoms with Crippen molar-refractivity contribution in [3.63, 3.8) is 0 Å². The molecule has 0 spiro atoms. The zero-order valence-electron chi connectivity index (χ0n) is 9.77. The maximum Gasteiger partial charge on any atom is 0.106 e. The number of fused-ring (bicyclic) bond motifs is 1. The van der Waals surface area contributed by atoms with Crippen LogP contribution in [0.3, 0.4) is 0 Å². The van der Waals surface area contributed by atoms with Crippen LogP contribution in [0.5, 0.6) is 0 Å². The quantitative estimate of drug-likeness (QED) is 0.834. The maximum absolute atomic E-state index is 11.3. The number of hydrogen-bond acceptors (Lipinski definition) is 5. The Morgan fingerprint density at radius 1 is 1.59 bits per heavy atom. The van der Waals surface area contributed by atoms with Crippen molar-refractivity contribution in [1.82, 2.24) is 4.98 Å². The molecule has 0 aliphatic rings. The number of hydrogen-bond donors (Lipinski definition) is 2. The third-order valence-electron chi connectivity index (χ3n) is 2.69. The summed E-state index contributed by atoms with van der Waals surface area (Å²) < 4.78 is 12.3. The van der Waals surface area contributed by atoms with E-state index in [-0.39, 0.29) is 5.25 Å². The van der Waals surface area contributed by atoms with E-state index in [1.165, 1.54) is 0 Å². The molecule has 0 fully saturated rings. The molecule has 2 atom stereocenters. The number of nitrogens with two attached hydrogens (primary N) is 1. The van der Waals surface area contributed by atoms with Crippen molar-refractivity contribution < 1.29 is 4.21 Å². The molecule has 2 unspecified atom stereocenters. The number of anilines is 2. The van der Waals surface area contributed by atoms with Crippen molar-refractivity contribution in [2.45, 2.75) is 12.2 Å². The Morgan fingerprint density at radius 2 is 2.35 bits per heavy atom. The molecule has 4 nitrogen and oxygen atoms in total. The molecule has 2 rings (SSSR count). The van der Waals surface area contributed by atoms with Gasteiger partial charge in [-0.25, -0.2) is 4.98 Å². The summed E-state index contributed by atoms with van der Waals surface area (Å²) in [6, 6.07) is 3.94. The predicted octanol–water partition coefficient (Wildman–Crippen LogP) is 2.06. The van der Waals surface area contributed by atoms with Crippen molar-refractivity contribution in [2.24, 2.45) is 0 Å². The van der Waals surface area contributed by atoms with Crippen LogP contribution in [-0.2, 0) is 10.8 Å². The highest BCUT2D eigenvalue weighted by Gasteiger charge is 2.09. The first-order chi connectivity index (χ1) is 8.09. The Bertz CT molecular complexity index is 553. The molecule has 0 aliphatic heterocycles. The van der Waals surface area contributed by atoms with Gasteiger partial charge in [0.2, 0.25) is 0 Å². The van der Waals surface area contributed by atoms with Gasteiger partial charge in [-0.2, -0.15) is 0 Å². The zero-order valence-corrected chi connectivity index (χ0v) is 11.4. The van der Waals surface area contributed by atoms with E-state index in [0.29, 0.717) is 12.2 Å². The van der Waals surface area contributed by atoms with Crippen LogP contribution in [0.4, 0.5) is 11.4 Å². The zero-order chi connectivity index (χ0) is 12.4. The van der Waals surface area contributed by atoms with E-state index in [2.05, 4.69) is 10.3 Å². The van der Waals surface area contributed by atoms with Gasteiger partial charge >= 0.3 is 0 Å². The molecule has 0 amide bonds. The van der Waals surface area contributed by atoms with E-state index < -0.39 is 10.8 Å². The van der Waals surface area contributed by atoms with Crippen LogP contribution >= 0.6 is 11.3 Å². The van der Waals surface area contributed by atoms with Gasteiger partial charge in [0, 0.05) is 28.9 Å². The Labute approximate surface area is 107 Å². The third kappa shape index (κ3) is 2.58. The van der Waals surface area contributed by atoms with Crippen LogP contribution in [0.2, 0.25) is 0 Å². The largest absolute Gasteiger partial charge is 0.395 e. The lowest BCUT2D eigenvalue weighted by molar-refractivity contribution is 0.679. The highest BCUT2D eigenvalue weighted by atomic mass is 32.2. The number of rotatable bonds is 4. The second-order valence-corrected chi connectivity index (χ2v) is 6.60. The molecule has 6 heteroatoms. The molecule has 0 radical (unpaired) electrons.